The molecule has 0 unspecified atom stereocenters. The lowest BCUT2D eigenvalue weighted by Gasteiger charge is -2.10. The molecule has 0 saturated heterocycles. The van der Waals surface area contributed by atoms with Crippen LogP contribution >= 0.6 is 0 Å². The van der Waals surface area contributed by atoms with Gasteiger partial charge in [0.15, 0.2) is 0 Å². The zero-order valence-electron chi connectivity index (χ0n) is 19.0. The average molecular weight is 462 g/mol. The van der Waals surface area contributed by atoms with Crippen LogP contribution in [0, 0.1) is 0 Å². The van der Waals surface area contributed by atoms with Crippen molar-refractivity contribution in [2.75, 3.05) is 23.2 Å². The minimum Gasteiger partial charge on any atom is -0.496 e. The molecule has 172 valence electrons. The van der Waals surface area contributed by atoms with Gasteiger partial charge in [-0.1, -0.05) is 66.7 Å². The fourth-order valence-corrected chi connectivity index (χ4v) is 3.58. The first-order valence-electron chi connectivity index (χ1n) is 11.0. The van der Waals surface area contributed by atoms with Gasteiger partial charge in [0.2, 0.25) is 17.8 Å². The van der Waals surface area contributed by atoms with Crippen LogP contribution in [-0.2, 0) is 0 Å². The highest BCUT2D eigenvalue weighted by atomic mass is 16.5. The molecule has 0 aliphatic heterocycles. The average Bonchev–Trinajstić information content (AvgIpc) is 2.90. The highest BCUT2D eigenvalue weighted by Crippen LogP contribution is 2.26. The Balaban J connectivity index is 1.45. The minimum absolute atomic E-state index is 0.285. The number of rotatable bonds is 8. The summed E-state index contributed by atoms with van der Waals surface area (Å²) in [4.78, 5) is 13.5. The second kappa shape index (κ2) is 10.3. The first kappa shape index (κ1) is 21.8. The number of hydrazone groups is 1. The SMILES string of the molecule is COc1ccc2ccccc2c1/C=N\Nc1nc(Nc2ccccc2)nc(Nc2ccccc2)n1. The van der Waals surface area contributed by atoms with Crippen molar-refractivity contribution in [1.82, 2.24) is 15.0 Å². The van der Waals surface area contributed by atoms with Crippen LogP contribution in [-0.4, -0.2) is 28.3 Å². The molecular weight excluding hydrogens is 438 g/mol. The number of anilines is 5. The molecular formula is C27H23N7O. The van der Waals surface area contributed by atoms with Crippen LogP contribution in [0.2, 0.25) is 0 Å². The molecule has 0 bridgehead atoms. The van der Waals surface area contributed by atoms with Gasteiger partial charge in [0, 0.05) is 16.9 Å². The summed E-state index contributed by atoms with van der Waals surface area (Å²) in [5, 5.41) is 12.9. The number of para-hydroxylation sites is 2. The van der Waals surface area contributed by atoms with Gasteiger partial charge in [0.05, 0.1) is 13.3 Å². The summed E-state index contributed by atoms with van der Waals surface area (Å²) >= 11 is 0. The van der Waals surface area contributed by atoms with Gasteiger partial charge >= 0.3 is 0 Å². The number of benzene rings is 4. The number of aromatic nitrogens is 3. The zero-order valence-corrected chi connectivity index (χ0v) is 19.0. The van der Waals surface area contributed by atoms with E-state index >= 15 is 0 Å². The lowest BCUT2D eigenvalue weighted by Crippen LogP contribution is -2.07. The summed E-state index contributed by atoms with van der Waals surface area (Å²) in [6.45, 7) is 0. The van der Waals surface area contributed by atoms with E-state index in [2.05, 4.69) is 42.2 Å². The summed E-state index contributed by atoms with van der Waals surface area (Å²) in [6, 6.07) is 31.4. The van der Waals surface area contributed by atoms with Gasteiger partial charge in [-0.25, -0.2) is 5.43 Å². The van der Waals surface area contributed by atoms with Crippen LogP contribution in [0.4, 0.5) is 29.2 Å². The first-order chi connectivity index (χ1) is 17.3. The van der Waals surface area contributed by atoms with Gasteiger partial charge in [-0.2, -0.15) is 20.1 Å². The van der Waals surface area contributed by atoms with E-state index in [-0.39, 0.29) is 5.95 Å². The van der Waals surface area contributed by atoms with E-state index in [1.54, 1.807) is 13.3 Å². The van der Waals surface area contributed by atoms with Gasteiger partial charge in [-0.15, -0.1) is 0 Å². The van der Waals surface area contributed by atoms with E-state index in [1.807, 2.05) is 91.0 Å². The van der Waals surface area contributed by atoms with Gasteiger partial charge in [-0.05, 0) is 41.1 Å². The number of nitrogens with zero attached hydrogens (tertiary/aromatic N) is 4. The van der Waals surface area contributed by atoms with Crippen LogP contribution in [0.25, 0.3) is 10.8 Å². The number of nitrogens with one attached hydrogen (secondary N) is 3. The molecule has 1 aromatic heterocycles. The van der Waals surface area contributed by atoms with Crippen molar-refractivity contribution in [3.8, 4) is 5.75 Å². The van der Waals surface area contributed by atoms with Gasteiger partial charge < -0.3 is 15.4 Å². The second-order valence-corrected chi connectivity index (χ2v) is 7.56. The Bertz CT molecular complexity index is 1400. The molecule has 0 amide bonds. The summed E-state index contributed by atoms with van der Waals surface area (Å²) in [7, 11) is 1.64. The van der Waals surface area contributed by atoms with E-state index < -0.39 is 0 Å². The van der Waals surface area contributed by atoms with Crippen LogP contribution < -0.4 is 20.8 Å². The standard InChI is InChI=1S/C27H23N7O/c1-35-24-17-16-19-10-8-9-15-22(19)23(24)18-28-34-27-32-25(29-20-11-4-2-5-12-20)31-26(33-27)30-21-13-6-3-7-14-21/h2-18H,1H3,(H3,29,30,31,32,33,34)/b28-18-. The normalized spacial score (nSPS) is 10.9. The van der Waals surface area contributed by atoms with Crippen molar-refractivity contribution >= 4 is 46.2 Å². The largest absolute Gasteiger partial charge is 0.496 e. The van der Waals surface area contributed by atoms with Gasteiger partial charge in [0.25, 0.3) is 0 Å². The number of methoxy groups -OCH3 is 1. The maximum absolute atomic E-state index is 5.55. The Morgan fingerprint density at radius 1 is 0.657 bits per heavy atom. The molecule has 8 nitrogen and oxygen atoms in total. The maximum Gasteiger partial charge on any atom is 0.250 e. The molecule has 4 aromatic carbocycles. The number of hydrogen-bond acceptors (Lipinski definition) is 8. The van der Waals surface area contributed by atoms with E-state index in [0.717, 1.165) is 33.5 Å². The van der Waals surface area contributed by atoms with Crippen LogP contribution in [0.3, 0.4) is 0 Å². The molecule has 5 aromatic rings. The Kier molecular flexibility index (Phi) is 6.43. The third kappa shape index (κ3) is 5.33. The minimum atomic E-state index is 0.285. The molecule has 0 atom stereocenters. The Morgan fingerprint density at radius 3 is 1.86 bits per heavy atom. The van der Waals surface area contributed by atoms with Gasteiger partial charge in [0.1, 0.15) is 5.75 Å². The van der Waals surface area contributed by atoms with E-state index in [9.17, 15) is 0 Å². The van der Waals surface area contributed by atoms with Crippen molar-refractivity contribution < 1.29 is 4.74 Å². The van der Waals surface area contributed by atoms with Crippen molar-refractivity contribution in [1.29, 1.82) is 0 Å². The summed E-state index contributed by atoms with van der Waals surface area (Å²) in [5.41, 5.74) is 5.51. The Labute approximate surface area is 202 Å². The molecule has 3 N–H and O–H groups in total. The second-order valence-electron chi connectivity index (χ2n) is 7.56. The summed E-state index contributed by atoms with van der Waals surface area (Å²) in [5.74, 6) is 1.77. The fourth-order valence-electron chi connectivity index (χ4n) is 3.58. The molecule has 5 rings (SSSR count). The van der Waals surface area contributed by atoms with E-state index in [1.165, 1.54) is 0 Å². The lowest BCUT2D eigenvalue weighted by molar-refractivity contribution is 0.415. The molecule has 0 saturated carbocycles. The fraction of sp³-hybridized carbons (Fsp3) is 0.0370. The Hall–Kier alpha value is -4.98. The molecule has 0 aliphatic rings. The first-order valence-corrected chi connectivity index (χ1v) is 11.0. The molecule has 35 heavy (non-hydrogen) atoms. The quantitative estimate of drug-likeness (QED) is 0.194. The lowest BCUT2D eigenvalue weighted by atomic mass is 10.0. The third-order valence-electron chi connectivity index (χ3n) is 5.20. The van der Waals surface area contributed by atoms with E-state index in [0.29, 0.717) is 11.9 Å². The third-order valence-corrected chi connectivity index (χ3v) is 5.20. The number of ether oxygens (including phenoxy) is 1. The topological polar surface area (TPSA) is 96.4 Å². The molecule has 0 radical (unpaired) electrons. The van der Waals surface area contributed by atoms with Gasteiger partial charge in [-0.3, -0.25) is 0 Å². The predicted octanol–water partition coefficient (Wildman–Crippen LogP) is 5.97. The van der Waals surface area contributed by atoms with E-state index in [4.69, 9.17) is 4.74 Å². The number of hydrogen-bond donors (Lipinski definition) is 3. The van der Waals surface area contributed by atoms with Crippen molar-refractivity contribution in [2.45, 2.75) is 0 Å². The zero-order chi connectivity index (χ0) is 23.9. The summed E-state index contributed by atoms with van der Waals surface area (Å²) < 4.78 is 5.55. The highest BCUT2D eigenvalue weighted by molar-refractivity contribution is 6.02. The molecule has 1 heterocycles. The summed E-state index contributed by atoms with van der Waals surface area (Å²) in [6.07, 6.45) is 1.71. The van der Waals surface area contributed by atoms with Crippen LogP contribution in [0.5, 0.6) is 5.75 Å². The molecule has 0 fully saturated rings. The predicted molar refractivity (Wildman–Crippen MR) is 141 cm³/mol. The smallest absolute Gasteiger partial charge is 0.250 e. The highest BCUT2D eigenvalue weighted by Gasteiger charge is 2.09. The van der Waals surface area contributed by atoms with Crippen LogP contribution in [0.1, 0.15) is 5.56 Å². The molecule has 8 heteroatoms. The maximum atomic E-state index is 5.55. The molecule has 0 aliphatic carbocycles. The number of fused-ring (bicyclic) bond motifs is 1. The molecule has 0 spiro atoms. The van der Waals surface area contributed by atoms with Crippen molar-refractivity contribution in [2.24, 2.45) is 5.10 Å². The van der Waals surface area contributed by atoms with Crippen LogP contribution in [0.15, 0.2) is 102 Å². The monoisotopic (exact) mass is 461 g/mol. The Morgan fingerprint density at radius 2 is 1.23 bits per heavy atom. The van der Waals surface area contributed by atoms with Crippen molar-refractivity contribution in [3.63, 3.8) is 0 Å². The van der Waals surface area contributed by atoms with Crippen molar-refractivity contribution in [3.05, 3.63) is 103 Å².